The number of ketones is 1. The molecule has 1 heterocycles. The number of imidazole rings is 1. The molecular formula is C14H21N3O. The molecule has 0 bridgehead atoms. The lowest BCUT2D eigenvalue weighted by atomic mass is 10.2. The van der Waals surface area contributed by atoms with Crippen molar-refractivity contribution in [2.45, 2.75) is 38.6 Å². The van der Waals surface area contributed by atoms with Gasteiger partial charge in [0.1, 0.15) is 11.5 Å². The first-order chi connectivity index (χ1) is 8.59. The van der Waals surface area contributed by atoms with Crippen LogP contribution in [-0.2, 0) is 0 Å². The van der Waals surface area contributed by atoms with Gasteiger partial charge in [0.15, 0.2) is 0 Å². The van der Waals surface area contributed by atoms with E-state index in [1.165, 1.54) is 12.8 Å². The third-order valence-electron chi connectivity index (χ3n) is 3.45. The molecule has 2 rings (SSSR count). The van der Waals surface area contributed by atoms with Crippen LogP contribution in [0, 0.1) is 6.92 Å². The van der Waals surface area contributed by atoms with Gasteiger partial charge in [-0.1, -0.05) is 12.8 Å². The Morgan fingerprint density at radius 2 is 2.11 bits per heavy atom. The zero-order chi connectivity index (χ0) is 13.1. The number of aromatic nitrogens is 2. The van der Waals surface area contributed by atoms with Gasteiger partial charge >= 0.3 is 0 Å². The molecule has 1 fully saturated rings. The topological polar surface area (TPSA) is 38.1 Å². The van der Waals surface area contributed by atoms with Gasteiger partial charge in [0.25, 0.3) is 0 Å². The van der Waals surface area contributed by atoms with Crippen LogP contribution >= 0.6 is 0 Å². The maximum absolute atomic E-state index is 12.2. The minimum Gasteiger partial charge on any atom is -0.383 e. The van der Waals surface area contributed by atoms with E-state index < -0.39 is 0 Å². The lowest BCUT2D eigenvalue weighted by Crippen LogP contribution is -2.14. The Morgan fingerprint density at radius 1 is 1.44 bits per heavy atom. The smallest absolute Gasteiger partial charge is 0.205 e. The number of allylic oxidation sites excluding steroid dienone is 1. The van der Waals surface area contributed by atoms with Crippen LogP contribution in [0.4, 0.5) is 0 Å². The van der Waals surface area contributed by atoms with Gasteiger partial charge in [-0.15, -0.1) is 0 Å². The predicted molar refractivity (Wildman–Crippen MR) is 71.6 cm³/mol. The molecule has 1 aromatic heterocycles. The fourth-order valence-electron chi connectivity index (χ4n) is 2.56. The first kappa shape index (κ1) is 12.9. The molecule has 0 aliphatic heterocycles. The first-order valence-corrected chi connectivity index (χ1v) is 6.52. The summed E-state index contributed by atoms with van der Waals surface area (Å²) >= 11 is 0. The lowest BCUT2D eigenvalue weighted by Gasteiger charge is -2.16. The van der Waals surface area contributed by atoms with Crippen LogP contribution in [0.25, 0.3) is 0 Å². The summed E-state index contributed by atoms with van der Waals surface area (Å²) in [7, 11) is 3.81. The van der Waals surface area contributed by atoms with E-state index in [0.717, 1.165) is 24.4 Å². The Hall–Kier alpha value is -1.58. The van der Waals surface area contributed by atoms with E-state index in [1.807, 2.05) is 25.9 Å². The molecule has 18 heavy (non-hydrogen) atoms. The normalized spacial score (nSPS) is 16.6. The molecule has 1 saturated carbocycles. The summed E-state index contributed by atoms with van der Waals surface area (Å²) in [5.74, 6) is 0.986. The van der Waals surface area contributed by atoms with Gasteiger partial charge in [-0.3, -0.25) is 4.79 Å². The fourth-order valence-corrected chi connectivity index (χ4v) is 2.56. The highest BCUT2D eigenvalue weighted by molar-refractivity contribution is 6.03. The molecule has 0 radical (unpaired) electrons. The van der Waals surface area contributed by atoms with Gasteiger partial charge in [-0.05, 0) is 19.8 Å². The Labute approximate surface area is 108 Å². The summed E-state index contributed by atoms with van der Waals surface area (Å²) in [5, 5.41) is 0. The number of carbonyl (C=O) groups is 1. The molecule has 1 aliphatic carbocycles. The predicted octanol–water partition coefficient (Wildman–Crippen LogP) is 2.56. The van der Waals surface area contributed by atoms with Crippen LogP contribution in [0.5, 0.6) is 0 Å². The van der Waals surface area contributed by atoms with E-state index in [9.17, 15) is 4.79 Å². The number of carbonyl (C=O) groups excluding carboxylic acids is 1. The number of hydrogen-bond acceptors (Lipinski definition) is 3. The van der Waals surface area contributed by atoms with Gasteiger partial charge in [-0.25, -0.2) is 4.98 Å². The molecular weight excluding hydrogens is 226 g/mol. The minimum absolute atomic E-state index is 0.0381. The lowest BCUT2D eigenvalue weighted by molar-refractivity contribution is 0.103. The molecule has 0 unspecified atom stereocenters. The van der Waals surface area contributed by atoms with Crippen LogP contribution in [0.15, 0.2) is 18.5 Å². The van der Waals surface area contributed by atoms with E-state index in [4.69, 9.17) is 0 Å². The van der Waals surface area contributed by atoms with Crippen LogP contribution in [0.3, 0.4) is 0 Å². The molecule has 0 spiro atoms. The minimum atomic E-state index is 0.0381. The Balaban J connectivity index is 2.25. The van der Waals surface area contributed by atoms with Crippen molar-refractivity contribution < 1.29 is 4.79 Å². The van der Waals surface area contributed by atoms with Crippen molar-refractivity contribution in [1.82, 2.24) is 14.5 Å². The summed E-state index contributed by atoms with van der Waals surface area (Å²) in [6.45, 7) is 1.98. The van der Waals surface area contributed by atoms with Crippen molar-refractivity contribution in [3.63, 3.8) is 0 Å². The molecule has 0 N–H and O–H groups in total. The third-order valence-corrected chi connectivity index (χ3v) is 3.45. The Kier molecular flexibility index (Phi) is 3.84. The summed E-state index contributed by atoms with van der Waals surface area (Å²) in [4.78, 5) is 18.3. The highest BCUT2D eigenvalue weighted by atomic mass is 16.1. The van der Waals surface area contributed by atoms with Gasteiger partial charge < -0.3 is 9.47 Å². The number of nitrogens with zero attached hydrogens (tertiary/aromatic N) is 3. The third kappa shape index (κ3) is 2.63. The standard InChI is InChI=1S/C14H21N3O/c1-11-15-10-13(14(18)8-9-16(2)3)17(11)12-6-4-5-7-12/h8-10,12H,4-7H2,1-3H3. The molecule has 0 amide bonds. The largest absolute Gasteiger partial charge is 0.383 e. The molecule has 0 aromatic carbocycles. The van der Waals surface area contributed by atoms with Crippen molar-refractivity contribution in [3.8, 4) is 0 Å². The van der Waals surface area contributed by atoms with Crippen LogP contribution in [0.1, 0.15) is 48.0 Å². The molecule has 0 atom stereocenters. The van der Waals surface area contributed by atoms with Crippen molar-refractivity contribution in [2.24, 2.45) is 0 Å². The SMILES string of the molecule is Cc1ncc(C(=O)C=CN(C)C)n1C1CCCC1. The summed E-state index contributed by atoms with van der Waals surface area (Å²) < 4.78 is 2.12. The van der Waals surface area contributed by atoms with Crippen molar-refractivity contribution in [2.75, 3.05) is 14.1 Å². The maximum Gasteiger partial charge on any atom is 0.205 e. The Bertz CT molecular complexity index is 454. The zero-order valence-corrected chi connectivity index (χ0v) is 11.4. The maximum atomic E-state index is 12.2. The summed E-state index contributed by atoms with van der Waals surface area (Å²) in [6, 6.07) is 0.458. The van der Waals surface area contributed by atoms with Crippen molar-refractivity contribution in [1.29, 1.82) is 0 Å². The van der Waals surface area contributed by atoms with Gasteiger partial charge in [-0.2, -0.15) is 0 Å². The molecule has 98 valence electrons. The quantitative estimate of drug-likeness (QED) is 0.606. The summed E-state index contributed by atoms with van der Waals surface area (Å²) in [5.41, 5.74) is 0.720. The number of aryl methyl sites for hydroxylation is 1. The van der Waals surface area contributed by atoms with Gasteiger partial charge in [0, 0.05) is 32.4 Å². The van der Waals surface area contributed by atoms with Gasteiger partial charge in [0.05, 0.1) is 6.20 Å². The molecule has 0 saturated heterocycles. The second-order valence-electron chi connectivity index (χ2n) is 5.14. The zero-order valence-electron chi connectivity index (χ0n) is 11.4. The fraction of sp³-hybridized carbons (Fsp3) is 0.571. The van der Waals surface area contributed by atoms with Gasteiger partial charge in [0.2, 0.25) is 5.78 Å². The number of rotatable bonds is 4. The average molecular weight is 247 g/mol. The second-order valence-corrected chi connectivity index (χ2v) is 5.14. The van der Waals surface area contributed by atoms with E-state index >= 15 is 0 Å². The average Bonchev–Trinajstić information content (AvgIpc) is 2.94. The van der Waals surface area contributed by atoms with Crippen molar-refractivity contribution in [3.05, 3.63) is 30.0 Å². The van der Waals surface area contributed by atoms with E-state index in [1.54, 1.807) is 18.5 Å². The monoisotopic (exact) mass is 247 g/mol. The van der Waals surface area contributed by atoms with E-state index in [2.05, 4.69) is 9.55 Å². The van der Waals surface area contributed by atoms with Crippen LogP contribution in [0.2, 0.25) is 0 Å². The molecule has 4 nitrogen and oxygen atoms in total. The molecule has 1 aliphatic rings. The molecule has 1 aromatic rings. The Morgan fingerprint density at radius 3 is 2.72 bits per heavy atom. The molecule has 4 heteroatoms. The number of hydrogen-bond donors (Lipinski definition) is 0. The van der Waals surface area contributed by atoms with Crippen molar-refractivity contribution >= 4 is 5.78 Å². The highest BCUT2D eigenvalue weighted by Gasteiger charge is 2.23. The first-order valence-electron chi connectivity index (χ1n) is 6.52. The van der Waals surface area contributed by atoms with Crippen LogP contribution in [-0.4, -0.2) is 34.3 Å². The van der Waals surface area contributed by atoms with E-state index in [0.29, 0.717) is 6.04 Å². The second kappa shape index (κ2) is 5.38. The highest BCUT2D eigenvalue weighted by Crippen LogP contribution is 2.31. The summed E-state index contributed by atoms with van der Waals surface area (Å²) in [6.07, 6.45) is 9.93. The van der Waals surface area contributed by atoms with Crippen LogP contribution < -0.4 is 0 Å². The van der Waals surface area contributed by atoms with E-state index in [-0.39, 0.29) is 5.78 Å².